The molecule has 1 N–H and O–H groups in total. The second-order valence-corrected chi connectivity index (χ2v) is 7.51. The Morgan fingerprint density at radius 2 is 2.00 bits per heavy atom. The standard InChI is InChI=1S/C21H28N4O3S/c1-3-27-11-8-20(26)22-17-6-4-16(5-7-17)21-23-18(15-29-2)14-19(24-21)25-9-12-28-13-10-25/h4-7,14H,3,8-13,15H2,1-2H3,(H,22,26). The molecule has 1 saturated heterocycles. The average Bonchev–Trinajstić information content (AvgIpc) is 2.75. The Balaban J connectivity index is 1.74. The zero-order valence-electron chi connectivity index (χ0n) is 17.0. The van der Waals surface area contributed by atoms with Crippen LogP contribution in [0.25, 0.3) is 11.4 Å². The Bertz CT molecular complexity index is 795. The molecule has 3 rings (SSSR count). The van der Waals surface area contributed by atoms with E-state index in [1.165, 1.54) is 0 Å². The van der Waals surface area contributed by atoms with Gasteiger partial charge in [-0.25, -0.2) is 9.97 Å². The van der Waals surface area contributed by atoms with Gasteiger partial charge in [0.25, 0.3) is 0 Å². The van der Waals surface area contributed by atoms with Crippen LogP contribution in [0, 0.1) is 0 Å². The third-order valence-electron chi connectivity index (χ3n) is 4.50. The van der Waals surface area contributed by atoms with Crippen molar-refractivity contribution in [2.75, 3.05) is 56.0 Å². The number of hydrogen-bond acceptors (Lipinski definition) is 7. The lowest BCUT2D eigenvalue weighted by molar-refractivity contribution is -0.117. The highest BCUT2D eigenvalue weighted by Gasteiger charge is 2.16. The summed E-state index contributed by atoms with van der Waals surface area (Å²) in [6, 6.07) is 9.72. The number of carbonyl (C=O) groups excluding carboxylic acids is 1. The molecule has 1 aliphatic heterocycles. The van der Waals surface area contributed by atoms with Crippen LogP contribution < -0.4 is 10.2 Å². The largest absolute Gasteiger partial charge is 0.381 e. The SMILES string of the molecule is CCOCCC(=O)Nc1ccc(-c2nc(CSC)cc(N3CCOCC3)n2)cc1. The quantitative estimate of drug-likeness (QED) is 0.629. The van der Waals surface area contributed by atoms with Crippen LogP contribution in [0.3, 0.4) is 0 Å². The van der Waals surface area contributed by atoms with Crippen LogP contribution in [0.4, 0.5) is 11.5 Å². The second kappa shape index (κ2) is 11.1. The lowest BCUT2D eigenvalue weighted by Gasteiger charge is -2.28. The van der Waals surface area contributed by atoms with E-state index in [-0.39, 0.29) is 5.91 Å². The summed E-state index contributed by atoms with van der Waals surface area (Å²) in [6.07, 6.45) is 2.41. The minimum Gasteiger partial charge on any atom is -0.381 e. The van der Waals surface area contributed by atoms with Gasteiger partial charge >= 0.3 is 0 Å². The number of nitrogens with zero attached hydrogens (tertiary/aromatic N) is 3. The fraction of sp³-hybridized carbons (Fsp3) is 0.476. The van der Waals surface area contributed by atoms with Crippen molar-refractivity contribution in [3.63, 3.8) is 0 Å². The first-order valence-electron chi connectivity index (χ1n) is 9.87. The summed E-state index contributed by atoms with van der Waals surface area (Å²) < 4.78 is 10.7. The summed E-state index contributed by atoms with van der Waals surface area (Å²) in [5, 5.41) is 2.89. The number of nitrogens with one attached hydrogen (secondary N) is 1. The van der Waals surface area contributed by atoms with Crippen molar-refractivity contribution >= 4 is 29.2 Å². The summed E-state index contributed by atoms with van der Waals surface area (Å²) >= 11 is 1.74. The van der Waals surface area contributed by atoms with E-state index >= 15 is 0 Å². The van der Waals surface area contributed by atoms with Crippen molar-refractivity contribution in [3.8, 4) is 11.4 Å². The van der Waals surface area contributed by atoms with E-state index in [4.69, 9.17) is 19.4 Å². The highest BCUT2D eigenvalue weighted by Crippen LogP contribution is 2.24. The minimum atomic E-state index is -0.0565. The zero-order valence-corrected chi connectivity index (χ0v) is 17.8. The predicted molar refractivity (Wildman–Crippen MR) is 117 cm³/mol. The van der Waals surface area contributed by atoms with Gasteiger partial charge in [0.05, 0.1) is 31.9 Å². The van der Waals surface area contributed by atoms with E-state index in [1.807, 2.05) is 31.2 Å². The van der Waals surface area contributed by atoms with Crippen molar-refractivity contribution < 1.29 is 14.3 Å². The van der Waals surface area contributed by atoms with Gasteiger partial charge in [0.2, 0.25) is 5.91 Å². The van der Waals surface area contributed by atoms with Crippen LogP contribution >= 0.6 is 11.8 Å². The van der Waals surface area contributed by atoms with Crippen molar-refractivity contribution in [3.05, 3.63) is 36.0 Å². The number of rotatable bonds is 9. The molecule has 8 heteroatoms. The molecular formula is C21H28N4O3S. The van der Waals surface area contributed by atoms with Gasteiger partial charge in [-0.3, -0.25) is 4.79 Å². The maximum Gasteiger partial charge on any atom is 0.226 e. The number of benzene rings is 1. The fourth-order valence-electron chi connectivity index (χ4n) is 3.02. The summed E-state index contributed by atoms with van der Waals surface area (Å²) in [5.41, 5.74) is 2.69. The number of aromatic nitrogens is 2. The number of anilines is 2. The van der Waals surface area contributed by atoms with Gasteiger partial charge in [-0.1, -0.05) is 0 Å². The first-order valence-corrected chi connectivity index (χ1v) is 11.3. The summed E-state index contributed by atoms with van der Waals surface area (Å²) in [5.74, 6) is 2.42. The number of amides is 1. The van der Waals surface area contributed by atoms with E-state index in [2.05, 4.69) is 22.5 Å². The smallest absolute Gasteiger partial charge is 0.226 e. The molecule has 0 unspecified atom stereocenters. The topological polar surface area (TPSA) is 76.6 Å². The van der Waals surface area contributed by atoms with Crippen molar-refractivity contribution in [2.24, 2.45) is 0 Å². The molecule has 1 fully saturated rings. The van der Waals surface area contributed by atoms with Crippen molar-refractivity contribution in [1.29, 1.82) is 0 Å². The molecule has 0 radical (unpaired) electrons. The highest BCUT2D eigenvalue weighted by atomic mass is 32.2. The van der Waals surface area contributed by atoms with Gasteiger partial charge in [0.15, 0.2) is 5.82 Å². The molecule has 1 amide bonds. The molecule has 2 aromatic rings. The Morgan fingerprint density at radius 1 is 1.24 bits per heavy atom. The molecule has 156 valence electrons. The second-order valence-electron chi connectivity index (χ2n) is 6.65. The molecule has 29 heavy (non-hydrogen) atoms. The molecule has 0 aliphatic carbocycles. The normalized spacial score (nSPS) is 14.1. The molecule has 1 aromatic heterocycles. The molecule has 1 aromatic carbocycles. The monoisotopic (exact) mass is 416 g/mol. The fourth-order valence-corrected chi connectivity index (χ4v) is 3.47. The van der Waals surface area contributed by atoms with Crippen LogP contribution in [-0.4, -0.2) is 61.6 Å². The lowest BCUT2D eigenvalue weighted by atomic mass is 10.2. The molecule has 0 saturated carbocycles. The number of thioether (sulfide) groups is 1. The van der Waals surface area contributed by atoms with E-state index < -0.39 is 0 Å². The molecule has 0 atom stereocenters. The Morgan fingerprint density at radius 3 is 2.69 bits per heavy atom. The molecule has 0 bridgehead atoms. The third-order valence-corrected chi connectivity index (χ3v) is 5.08. The first kappa shape index (κ1) is 21.5. The van der Waals surface area contributed by atoms with E-state index in [0.29, 0.717) is 25.5 Å². The van der Waals surface area contributed by atoms with Crippen LogP contribution in [0.2, 0.25) is 0 Å². The van der Waals surface area contributed by atoms with Crippen LogP contribution in [0.5, 0.6) is 0 Å². The summed E-state index contributed by atoms with van der Waals surface area (Å²) in [7, 11) is 0. The Labute approximate surface area is 176 Å². The van der Waals surface area contributed by atoms with E-state index in [9.17, 15) is 4.79 Å². The van der Waals surface area contributed by atoms with Gasteiger partial charge in [0.1, 0.15) is 5.82 Å². The van der Waals surface area contributed by atoms with Gasteiger partial charge in [-0.15, -0.1) is 0 Å². The highest BCUT2D eigenvalue weighted by molar-refractivity contribution is 7.97. The number of ether oxygens (including phenoxy) is 2. The van der Waals surface area contributed by atoms with E-state index in [0.717, 1.165) is 54.8 Å². The molecular weight excluding hydrogens is 388 g/mol. The van der Waals surface area contributed by atoms with Crippen LogP contribution in [0.15, 0.2) is 30.3 Å². The van der Waals surface area contributed by atoms with Crippen LogP contribution in [-0.2, 0) is 20.0 Å². The van der Waals surface area contributed by atoms with Gasteiger partial charge in [0, 0.05) is 42.8 Å². The predicted octanol–water partition coefficient (Wildman–Crippen LogP) is 3.21. The summed E-state index contributed by atoms with van der Waals surface area (Å²) in [6.45, 7) is 6.07. The maximum atomic E-state index is 11.9. The van der Waals surface area contributed by atoms with Gasteiger partial charge in [-0.05, 0) is 37.4 Å². The maximum absolute atomic E-state index is 11.9. The summed E-state index contributed by atoms with van der Waals surface area (Å²) in [4.78, 5) is 23.7. The lowest BCUT2D eigenvalue weighted by Crippen LogP contribution is -2.37. The van der Waals surface area contributed by atoms with Crippen molar-refractivity contribution in [1.82, 2.24) is 9.97 Å². The van der Waals surface area contributed by atoms with Crippen LogP contribution in [0.1, 0.15) is 19.0 Å². The minimum absolute atomic E-state index is 0.0565. The van der Waals surface area contributed by atoms with Gasteiger partial charge in [-0.2, -0.15) is 11.8 Å². The third kappa shape index (κ3) is 6.42. The average molecular weight is 417 g/mol. The molecule has 0 spiro atoms. The first-order chi connectivity index (χ1) is 14.2. The Hall–Kier alpha value is -2.16. The van der Waals surface area contributed by atoms with Crippen molar-refractivity contribution in [2.45, 2.75) is 19.1 Å². The molecule has 1 aliphatic rings. The molecule has 7 nitrogen and oxygen atoms in total. The number of morpholine rings is 1. The van der Waals surface area contributed by atoms with Gasteiger partial charge < -0.3 is 19.7 Å². The molecule has 2 heterocycles. The zero-order chi connectivity index (χ0) is 20.5. The number of carbonyl (C=O) groups is 1. The Kier molecular flexibility index (Phi) is 8.27. The number of hydrogen-bond donors (Lipinski definition) is 1. The van der Waals surface area contributed by atoms with E-state index in [1.54, 1.807) is 11.8 Å².